The molecule has 0 radical (unpaired) electrons. The summed E-state index contributed by atoms with van der Waals surface area (Å²) in [5.41, 5.74) is 0. The predicted octanol–water partition coefficient (Wildman–Crippen LogP) is 0.376. The summed E-state index contributed by atoms with van der Waals surface area (Å²) < 4.78 is 24.9. The molecule has 4 heteroatoms. The van der Waals surface area contributed by atoms with Gasteiger partial charge in [0.05, 0.1) is 6.26 Å². The third kappa shape index (κ3) is 7.47. The molecule has 0 fully saturated rings. The van der Waals surface area contributed by atoms with Crippen LogP contribution in [0.5, 0.6) is 0 Å². The van der Waals surface area contributed by atoms with Gasteiger partial charge in [-0.1, -0.05) is 12.8 Å². The largest absolute Gasteiger partial charge is 0.265 e. The molecule has 58 valence electrons. The van der Waals surface area contributed by atoms with E-state index in [1.54, 1.807) is 0 Å². The van der Waals surface area contributed by atoms with Crippen LogP contribution in [0.4, 0.5) is 0 Å². The van der Waals surface area contributed by atoms with Gasteiger partial charge >= 0.3 is 0 Å². The van der Waals surface area contributed by atoms with Crippen molar-refractivity contribution in [1.29, 1.82) is 0 Å². The molecular weight excluding hydrogens is 152 g/mol. The van der Waals surface area contributed by atoms with E-state index in [1.807, 2.05) is 6.92 Å². The highest BCUT2D eigenvalue weighted by Crippen LogP contribution is 1.83. The molecular formula is C6H10O3S. The fourth-order valence-electron chi connectivity index (χ4n) is 0.313. The Kier molecular flexibility index (Phi) is 4.08. The molecule has 0 N–H and O–H groups in total. The lowest BCUT2D eigenvalue weighted by molar-refractivity contribution is 0.367. The van der Waals surface area contributed by atoms with Crippen molar-refractivity contribution in [2.75, 3.05) is 12.9 Å². The maximum Gasteiger partial charge on any atom is 0.265 e. The Hall–Kier alpha value is -0.530. The van der Waals surface area contributed by atoms with E-state index in [1.165, 1.54) is 0 Å². The summed E-state index contributed by atoms with van der Waals surface area (Å²) in [4.78, 5) is 0. The minimum atomic E-state index is -3.31. The van der Waals surface area contributed by atoms with Gasteiger partial charge in [-0.15, -0.1) is 5.92 Å². The molecule has 0 heterocycles. The zero-order valence-electron chi connectivity index (χ0n) is 6.05. The zero-order valence-corrected chi connectivity index (χ0v) is 6.86. The van der Waals surface area contributed by atoms with Crippen LogP contribution >= 0.6 is 0 Å². The van der Waals surface area contributed by atoms with Crippen LogP contribution in [0, 0.1) is 11.8 Å². The van der Waals surface area contributed by atoms with Gasteiger partial charge < -0.3 is 0 Å². The van der Waals surface area contributed by atoms with E-state index in [0.717, 1.165) is 6.26 Å². The molecule has 0 rings (SSSR count). The van der Waals surface area contributed by atoms with Crippen molar-refractivity contribution < 1.29 is 12.6 Å². The van der Waals surface area contributed by atoms with E-state index in [9.17, 15) is 8.42 Å². The molecule has 0 saturated heterocycles. The lowest BCUT2D eigenvalue weighted by Gasteiger charge is -1.91. The highest BCUT2D eigenvalue weighted by atomic mass is 32.2. The van der Waals surface area contributed by atoms with Crippen LogP contribution in [-0.4, -0.2) is 21.3 Å². The summed E-state index contributed by atoms with van der Waals surface area (Å²) >= 11 is 0. The van der Waals surface area contributed by atoms with Crippen molar-refractivity contribution >= 4 is 10.1 Å². The van der Waals surface area contributed by atoms with Gasteiger partial charge in [0.25, 0.3) is 10.1 Å². The van der Waals surface area contributed by atoms with Crippen molar-refractivity contribution in [1.82, 2.24) is 0 Å². The van der Waals surface area contributed by atoms with Crippen LogP contribution in [0.3, 0.4) is 0 Å². The molecule has 0 aliphatic carbocycles. The molecule has 0 bridgehead atoms. The Bertz CT molecular complexity index is 229. The summed E-state index contributed by atoms with van der Waals surface area (Å²) in [6, 6.07) is 0. The summed E-state index contributed by atoms with van der Waals surface area (Å²) in [7, 11) is -3.31. The van der Waals surface area contributed by atoms with Gasteiger partial charge in [-0.25, -0.2) is 0 Å². The quantitative estimate of drug-likeness (QED) is 0.435. The normalized spacial score (nSPS) is 10.2. The summed E-state index contributed by atoms with van der Waals surface area (Å²) in [5, 5.41) is 0. The van der Waals surface area contributed by atoms with E-state index >= 15 is 0 Å². The minimum Gasteiger partial charge on any atom is -0.257 e. The SMILES string of the molecule is CCC#CCOS(C)(=O)=O. The third-order valence-corrected chi connectivity index (χ3v) is 1.19. The minimum absolute atomic E-state index is 0.0350. The van der Waals surface area contributed by atoms with E-state index < -0.39 is 10.1 Å². The fraction of sp³-hybridized carbons (Fsp3) is 0.667. The molecule has 0 spiro atoms. The Labute approximate surface area is 61.5 Å². The average molecular weight is 162 g/mol. The molecule has 0 saturated carbocycles. The van der Waals surface area contributed by atoms with Gasteiger partial charge in [0, 0.05) is 6.42 Å². The molecule has 0 atom stereocenters. The molecule has 0 amide bonds. The molecule has 3 nitrogen and oxygen atoms in total. The van der Waals surface area contributed by atoms with E-state index in [0.29, 0.717) is 6.42 Å². The van der Waals surface area contributed by atoms with E-state index in [4.69, 9.17) is 0 Å². The number of hydrogen-bond acceptors (Lipinski definition) is 3. The molecule has 0 aromatic rings. The predicted molar refractivity (Wildman–Crippen MR) is 38.9 cm³/mol. The first-order valence-electron chi connectivity index (χ1n) is 2.86. The second kappa shape index (κ2) is 4.31. The summed E-state index contributed by atoms with van der Waals surface area (Å²) in [6.07, 6.45) is 1.72. The van der Waals surface area contributed by atoms with Crippen molar-refractivity contribution in [2.45, 2.75) is 13.3 Å². The van der Waals surface area contributed by atoms with E-state index in [2.05, 4.69) is 16.0 Å². The molecule has 0 aromatic heterocycles. The first-order valence-corrected chi connectivity index (χ1v) is 4.68. The fourth-order valence-corrected chi connectivity index (χ4v) is 0.586. The smallest absolute Gasteiger partial charge is 0.257 e. The standard InChI is InChI=1S/C6H10O3S/c1-3-4-5-6-9-10(2,7)8/h3,6H2,1-2H3. The average Bonchev–Trinajstić information content (AvgIpc) is 1.78. The van der Waals surface area contributed by atoms with Crippen LogP contribution in [-0.2, 0) is 14.3 Å². The Morgan fingerprint density at radius 3 is 2.40 bits per heavy atom. The topological polar surface area (TPSA) is 43.4 Å². The first-order chi connectivity index (χ1) is 4.56. The van der Waals surface area contributed by atoms with Gasteiger partial charge in [0.15, 0.2) is 0 Å². The van der Waals surface area contributed by atoms with Crippen LogP contribution < -0.4 is 0 Å². The third-order valence-electron chi connectivity index (χ3n) is 0.647. The monoisotopic (exact) mass is 162 g/mol. The molecule has 0 aliphatic rings. The maximum atomic E-state index is 10.3. The Balaban J connectivity index is 3.58. The van der Waals surface area contributed by atoms with Crippen LogP contribution in [0.1, 0.15) is 13.3 Å². The van der Waals surface area contributed by atoms with Gasteiger partial charge in [-0.2, -0.15) is 8.42 Å². The lowest BCUT2D eigenvalue weighted by atomic mass is 10.5. The summed E-state index contributed by atoms with van der Waals surface area (Å²) in [6.45, 7) is 1.85. The number of hydrogen-bond donors (Lipinski definition) is 0. The van der Waals surface area contributed by atoms with Crippen molar-refractivity contribution in [3.05, 3.63) is 0 Å². The highest BCUT2D eigenvalue weighted by molar-refractivity contribution is 7.85. The van der Waals surface area contributed by atoms with Crippen LogP contribution in [0.2, 0.25) is 0 Å². The number of rotatable bonds is 2. The molecule has 10 heavy (non-hydrogen) atoms. The van der Waals surface area contributed by atoms with Gasteiger partial charge in [0.2, 0.25) is 0 Å². The van der Waals surface area contributed by atoms with Gasteiger partial charge in [-0.05, 0) is 0 Å². The molecule has 0 unspecified atom stereocenters. The molecule has 0 aliphatic heterocycles. The summed E-state index contributed by atoms with van der Waals surface area (Å²) in [5.74, 6) is 5.22. The lowest BCUT2D eigenvalue weighted by Crippen LogP contribution is -2.02. The second-order valence-electron chi connectivity index (χ2n) is 1.67. The Morgan fingerprint density at radius 1 is 1.40 bits per heavy atom. The Morgan fingerprint density at radius 2 is 2.00 bits per heavy atom. The second-order valence-corrected chi connectivity index (χ2v) is 3.32. The van der Waals surface area contributed by atoms with Crippen LogP contribution in [0.15, 0.2) is 0 Å². The van der Waals surface area contributed by atoms with Crippen molar-refractivity contribution in [2.24, 2.45) is 0 Å². The van der Waals surface area contributed by atoms with Crippen molar-refractivity contribution in [3.8, 4) is 11.8 Å². The van der Waals surface area contributed by atoms with E-state index in [-0.39, 0.29) is 6.61 Å². The maximum absolute atomic E-state index is 10.3. The van der Waals surface area contributed by atoms with Gasteiger partial charge in [-0.3, -0.25) is 4.18 Å². The van der Waals surface area contributed by atoms with Crippen LogP contribution in [0.25, 0.3) is 0 Å². The highest BCUT2D eigenvalue weighted by Gasteiger charge is 1.96. The first kappa shape index (κ1) is 9.47. The zero-order chi connectivity index (χ0) is 8.04. The molecule has 0 aromatic carbocycles. The van der Waals surface area contributed by atoms with Gasteiger partial charge in [0.1, 0.15) is 6.61 Å². The van der Waals surface area contributed by atoms with Crippen molar-refractivity contribution in [3.63, 3.8) is 0 Å².